The summed E-state index contributed by atoms with van der Waals surface area (Å²) in [6.45, 7) is 4.24. The number of halogens is 2. The fraction of sp³-hybridized carbons (Fsp3) is 0.0968. The minimum absolute atomic E-state index is 1.17. The zero-order valence-electron chi connectivity index (χ0n) is 20.4. The Kier molecular flexibility index (Phi) is 11.8. The molecule has 35 heavy (non-hydrogen) atoms. The average molecular weight is 637 g/mol. The van der Waals surface area contributed by atoms with Crippen molar-refractivity contribution in [2.75, 3.05) is 0 Å². The average Bonchev–Trinajstić information content (AvgIpc) is 3.54. The second-order valence-corrected chi connectivity index (χ2v) is 42.7. The summed E-state index contributed by atoms with van der Waals surface area (Å²) in [6.07, 6.45) is 0. The molecular weight excluding hydrogens is 607 g/mol. The third-order valence-corrected chi connectivity index (χ3v) is 37.6. The van der Waals surface area contributed by atoms with Crippen LogP contribution in [0.2, 0.25) is 5.76 Å². The van der Waals surface area contributed by atoms with Crippen molar-refractivity contribution in [3.05, 3.63) is 139 Å². The summed E-state index contributed by atoms with van der Waals surface area (Å²) in [5.41, 5.74) is 7.88. The Labute approximate surface area is 226 Å². The van der Waals surface area contributed by atoms with E-state index >= 15 is 0 Å². The molecule has 0 amide bonds. The standard InChI is InChI=1S/2C12H11.C7H8Ge.2ClH.Zr/c2*1-10-7-8-12(9-10)11-5-3-2-4-6-11;1-8-7-5-3-2-4-6-7;;;/h2*2-9H,1H3;2-6H,1H3;2*1H;/q2*-1;;;;+2/p-2. The van der Waals surface area contributed by atoms with E-state index in [2.05, 4.69) is 129 Å². The molecule has 0 atom stereocenters. The Morgan fingerprint density at radius 3 is 1.26 bits per heavy atom. The van der Waals surface area contributed by atoms with E-state index in [1.54, 1.807) is 0 Å². The zero-order chi connectivity index (χ0) is 25.0. The van der Waals surface area contributed by atoms with E-state index in [-0.39, 0.29) is 0 Å². The number of rotatable bonds is 3. The molecule has 0 nitrogen and oxygen atoms in total. The van der Waals surface area contributed by atoms with Crippen LogP contribution in [0, 0.1) is 13.8 Å². The summed E-state index contributed by atoms with van der Waals surface area (Å²) in [5, 5.41) is 0. The first-order valence-corrected chi connectivity index (χ1v) is 28.5. The minimum atomic E-state index is -1.89. The molecule has 5 aromatic carbocycles. The molecule has 0 radical (unpaired) electrons. The summed E-state index contributed by atoms with van der Waals surface area (Å²) in [5.74, 6) is 2.27. The van der Waals surface area contributed by atoms with Gasteiger partial charge in [0.25, 0.3) is 0 Å². The van der Waals surface area contributed by atoms with Crippen LogP contribution >= 0.6 is 17.0 Å². The van der Waals surface area contributed by atoms with Crippen LogP contribution in [0.25, 0.3) is 22.3 Å². The summed E-state index contributed by atoms with van der Waals surface area (Å²) < 4.78 is 1.44. The Hall–Kier alpha value is -1.63. The van der Waals surface area contributed by atoms with Gasteiger partial charge >= 0.3 is 83.7 Å². The molecule has 0 aliphatic heterocycles. The van der Waals surface area contributed by atoms with E-state index in [4.69, 9.17) is 17.0 Å². The second kappa shape index (κ2) is 14.8. The van der Waals surface area contributed by atoms with E-state index in [9.17, 15) is 0 Å². The van der Waals surface area contributed by atoms with Gasteiger partial charge in [-0.05, 0) is 0 Å². The van der Waals surface area contributed by atoms with Crippen LogP contribution in [0.4, 0.5) is 0 Å². The van der Waals surface area contributed by atoms with Gasteiger partial charge in [0.05, 0.1) is 0 Å². The third kappa shape index (κ3) is 9.39. The van der Waals surface area contributed by atoms with Gasteiger partial charge < -0.3 is 0 Å². The number of hydrogen-bond donors (Lipinski definition) is 0. The van der Waals surface area contributed by atoms with E-state index < -0.39 is 26.2 Å². The molecule has 4 heteroatoms. The van der Waals surface area contributed by atoms with Crippen LogP contribution in [0.1, 0.15) is 11.1 Å². The van der Waals surface area contributed by atoms with Crippen molar-refractivity contribution in [2.45, 2.75) is 19.6 Å². The van der Waals surface area contributed by atoms with Gasteiger partial charge in [-0.25, -0.2) is 12.1 Å². The van der Waals surface area contributed by atoms with Gasteiger partial charge in [0.1, 0.15) is 0 Å². The van der Waals surface area contributed by atoms with Crippen molar-refractivity contribution in [3.63, 3.8) is 0 Å². The van der Waals surface area contributed by atoms with Gasteiger partial charge in [-0.1, -0.05) is 85.6 Å². The Bertz CT molecular complexity index is 1240. The second-order valence-electron chi connectivity index (χ2n) is 8.34. The van der Waals surface area contributed by atoms with Gasteiger partial charge in [0.2, 0.25) is 0 Å². The van der Waals surface area contributed by atoms with Crippen molar-refractivity contribution in [3.8, 4) is 22.3 Å². The Morgan fingerprint density at radius 2 is 0.943 bits per heavy atom. The van der Waals surface area contributed by atoms with Gasteiger partial charge in [0.15, 0.2) is 0 Å². The first-order chi connectivity index (χ1) is 16.9. The van der Waals surface area contributed by atoms with Crippen molar-refractivity contribution < 1.29 is 16.2 Å². The van der Waals surface area contributed by atoms with E-state index in [0.29, 0.717) is 0 Å². The fourth-order valence-electron chi connectivity index (χ4n) is 3.54. The molecule has 0 bridgehead atoms. The van der Waals surface area contributed by atoms with Gasteiger partial charge in [-0.2, -0.15) is 46.5 Å². The molecule has 0 aromatic heterocycles. The summed E-state index contributed by atoms with van der Waals surface area (Å²) in [4.78, 5) is 0. The summed E-state index contributed by atoms with van der Waals surface area (Å²) >= 11 is -1.89. The van der Waals surface area contributed by atoms with Gasteiger partial charge in [0, 0.05) is 0 Å². The first-order valence-electron chi connectivity index (χ1n) is 11.6. The molecule has 0 saturated carbocycles. The molecule has 0 unspecified atom stereocenters. The molecule has 0 fully saturated rings. The number of aryl methyl sites for hydroxylation is 2. The quantitative estimate of drug-likeness (QED) is 0.137. The molecule has 5 rings (SSSR count). The van der Waals surface area contributed by atoms with Crippen molar-refractivity contribution in [1.82, 2.24) is 0 Å². The molecule has 0 aliphatic rings. The maximum absolute atomic E-state index is 6.00. The maximum atomic E-state index is 6.00. The van der Waals surface area contributed by atoms with E-state index in [1.807, 2.05) is 18.2 Å². The zero-order valence-corrected chi connectivity index (χ0v) is 26.4. The Balaban J connectivity index is 0.000000147. The Morgan fingerprint density at radius 1 is 0.571 bits per heavy atom. The van der Waals surface area contributed by atoms with Gasteiger partial charge in [-0.15, -0.1) is 0 Å². The van der Waals surface area contributed by atoms with Gasteiger partial charge in [-0.3, -0.25) is 0 Å². The predicted molar refractivity (Wildman–Crippen MR) is 154 cm³/mol. The van der Waals surface area contributed by atoms with E-state index in [0.717, 1.165) is 0 Å². The molecule has 5 aromatic rings. The molecule has 0 spiro atoms. The fourth-order valence-corrected chi connectivity index (χ4v) is 17.1. The number of hydrogen-bond acceptors (Lipinski definition) is 0. The molecule has 0 heterocycles. The van der Waals surface area contributed by atoms with Crippen LogP contribution in [0.3, 0.4) is 0 Å². The van der Waals surface area contributed by atoms with Crippen LogP contribution in [-0.2, 0) is 16.2 Å². The van der Waals surface area contributed by atoms with Crippen molar-refractivity contribution in [2.24, 2.45) is 0 Å². The molecular formula is C31H30Cl2GeZr-2. The van der Waals surface area contributed by atoms with Crippen LogP contribution in [-0.4, -0.2) is 9.98 Å². The SMILES string of the molecule is Cc1cc(-c2ccccc2)c[cH-]1.Cc1cc(-c2ccccc2)c[cH-]1.[CH3][Ge]([c]1ccccc1)=[Zr]([Cl])[Cl]. The summed E-state index contributed by atoms with van der Waals surface area (Å²) in [7, 11) is 10.8. The van der Waals surface area contributed by atoms with Crippen LogP contribution in [0.15, 0.2) is 127 Å². The topological polar surface area (TPSA) is 0 Å². The molecule has 178 valence electrons. The van der Waals surface area contributed by atoms with Crippen LogP contribution in [0.5, 0.6) is 0 Å². The van der Waals surface area contributed by atoms with E-state index in [1.165, 1.54) is 37.8 Å². The number of benzene rings is 3. The monoisotopic (exact) mass is 636 g/mol. The molecule has 0 N–H and O–H groups in total. The van der Waals surface area contributed by atoms with Crippen molar-refractivity contribution in [1.29, 1.82) is 0 Å². The normalized spacial score (nSPS) is 9.86. The molecule has 0 saturated heterocycles. The predicted octanol–water partition coefficient (Wildman–Crippen LogP) is 9.20. The first kappa shape index (κ1) is 27.9. The third-order valence-electron chi connectivity index (χ3n) is 5.52. The summed E-state index contributed by atoms with van der Waals surface area (Å²) in [6, 6.07) is 44.3. The van der Waals surface area contributed by atoms with Crippen LogP contribution < -0.4 is 4.40 Å². The molecule has 0 aliphatic carbocycles. The van der Waals surface area contributed by atoms with Crippen molar-refractivity contribution >= 4 is 31.4 Å².